The molecule has 0 aliphatic carbocycles. The number of carboxylic acids is 1. The van der Waals surface area contributed by atoms with Crippen LogP contribution in [-0.4, -0.2) is 46.0 Å². The van der Waals surface area contributed by atoms with E-state index in [-0.39, 0.29) is 25.2 Å². The number of carboxylic acid groups (broad SMARTS) is 1. The molecular weight excluding hydrogens is 226 g/mol. The Morgan fingerprint density at radius 2 is 2.00 bits per heavy atom. The number of piperidine rings is 1. The summed E-state index contributed by atoms with van der Waals surface area (Å²) in [5.74, 6) is -1.25. The molecule has 1 saturated heterocycles. The van der Waals surface area contributed by atoms with E-state index in [4.69, 9.17) is 9.84 Å². The Balaban J connectivity index is 2.79. The van der Waals surface area contributed by atoms with E-state index >= 15 is 0 Å². The fourth-order valence-corrected chi connectivity index (χ4v) is 1.60. The van der Waals surface area contributed by atoms with Crippen LogP contribution in [0.3, 0.4) is 0 Å². The van der Waals surface area contributed by atoms with Crippen molar-refractivity contribution in [1.29, 1.82) is 0 Å². The average molecular weight is 243 g/mol. The van der Waals surface area contributed by atoms with Crippen molar-refractivity contribution in [2.24, 2.45) is 0 Å². The molecule has 1 N–H and O–H groups in total. The molecule has 0 radical (unpaired) electrons. The van der Waals surface area contributed by atoms with Gasteiger partial charge in [0, 0.05) is 6.42 Å². The van der Waals surface area contributed by atoms with E-state index < -0.39 is 23.7 Å². The summed E-state index contributed by atoms with van der Waals surface area (Å²) in [5.41, 5.74) is -0.708. The highest BCUT2D eigenvalue weighted by Gasteiger charge is 2.37. The maximum Gasteiger partial charge on any atom is 0.411 e. The van der Waals surface area contributed by atoms with Crippen LogP contribution in [0.15, 0.2) is 0 Å². The van der Waals surface area contributed by atoms with E-state index in [1.807, 2.05) is 0 Å². The van der Waals surface area contributed by atoms with Gasteiger partial charge in [-0.1, -0.05) is 0 Å². The van der Waals surface area contributed by atoms with Gasteiger partial charge in [0.05, 0.1) is 6.54 Å². The molecule has 0 aromatic carbocycles. The highest BCUT2D eigenvalue weighted by atomic mass is 16.6. The van der Waals surface area contributed by atoms with Gasteiger partial charge in [-0.3, -0.25) is 9.69 Å². The van der Waals surface area contributed by atoms with Crippen molar-refractivity contribution in [2.75, 3.05) is 6.54 Å². The predicted molar refractivity (Wildman–Crippen MR) is 58.6 cm³/mol. The number of aliphatic carboxylic acids is 1. The van der Waals surface area contributed by atoms with E-state index in [1.165, 1.54) is 0 Å². The second-order valence-corrected chi connectivity index (χ2v) is 5.04. The third kappa shape index (κ3) is 3.72. The van der Waals surface area contributed by atoms with Gasteiger partial charge in [0.1, 0.15) is 11.6 Å². The molecule has 96 valence electrons. The summed E-state index contributed by atoms with van der Waals surface area (Å²) in [7, 11) is 0. The lowest BCUT2D eigenvalue weighted by Crippen LogP contribution is -2.52. The summed E-state index contributed by atoms with van der Waals surface area (Å²) in [4.78, 5) is 35.0. The fraction of sp³-hybridized carbons (Fsp3) is 0.727. The van der Waals surface area contributed by atoms with Gasteiger partial charge in [0.25, 0.3) is 0 Å². The largest absolute Gasteiger partial charge is 0.480 e. The number of carbonyl (C=O) groups excluding carboxylic acids is 2. The number of ether oxygens (including phenoxy) is 1. The zero-order valence-electron chi connectivity index (χ0n) is 10.2. The van der Waals surface area contributed by atoms with Crippen LogP contribution in [0.5, 0.6) is 0 Å². The second-order valence-electron chi connectivity index (χ2n) is 5.04. The smallest absolute Gasteiger partial charge is 0.411 e. The molecule has 1 aliphatic heterocycles. The molecule has 1 amide bonds. The number of likely N-dealkylation sites (tertiary alicyclic amines) is 1. The lowest BCUT2D eigenvalue weighted by Gasteiger charge is -2.33. The zero-order chi connectivity index (χ0) is 13.2. The Bertz CT molecular complexity index is 344. The van der Waals surface area contributed by atoms with E-state index in [9.17, 15) is 14.4 Å². The van der Waals surface area contributed by atoms with Crippen LogP contribution in [0.25, 0.3) is 0 Å². The minimum atomic E-state index is -1.11. The summed E-state index contributed by atoms with van der Waals surface area (Å²) < 4.78 is 5.08. The first kappa shape index (κ1) is 13.5. The third-order valence-electron chi connectivity index (χ3n) is 2.33. The lowest BCUT2D eigenvalue weighted by atomic mass is 10.0. The van der Waals surface area contributed by atoms with Crippen molar-refractivity contribution in [3.63, 3.8) is 0 Å². The molecule has 0 unspecified atom stereocenters. The van der Waals surface area contributed by atoms with Crippen LogP contribution in [0, 0.1) is 0 Å². The van der Waals surface area contributed by atoms with E-state index in [0.29, 0.717) is 0 Å². The molecule has 6 nitrogen and oxygen atoms in total. The van der Waals surface area contributed by atoms with Crippen LogP contribution in [0.4, 0.5) is 4.79 Å². The van der Waals surface area contributed by atoms with Crippen molar-refractivity contribution >= 4 is 17.8 Å². The molecular formula is C11H17NO5. The van der Waals surface area contributed by atoms with Gasteiger partial charge in [0.15, 0.2) is 5.78 Å². The van der Waals surface area contributed by atoms with Crippen molar-refractivity contribution in [2.45, 2.75) is 45.3 Å². The van der Waals surface area contributed by atoms with Crippen LogP contribution in [-0.2, 0) is 14.3 Å². The van der Waals surface area contributed by atoms with Crippen molar-refractivity contribution in [3.05, 3.63) is 0 Å². The number of ketones is 1. The summed E-state index contributed by atoms with van der Waals surface area (Å²) in [6.45, 7) is 4.87. The standard InChI is InChI=1S/C11H17NO5/c1-11(2,3)17-10(16)12-6-7(13)4-5-8(12)9(14)15/h8H,4-6H2,1-3H3,(H,14,15)/t8-/m1/s1. The molecule has 6 heteroatoms. The van der Waals surface area contributed by atoms with Gasteiger partial charge in [-0.05, 0) is 27.2 Å². The maximum atomic E-state index is 11.8. The highest BCUT2D eigenvalue weighted by Crippen LogP contribution is 2.18. The SMILES string of the molecule is CC(C)(C)OC(=O)N1CC(=O)CC[C@@H]1C(=O)O. The first-order chi connectivity index (χ1) is 7.70. The number of rotatable bonds is 1. The molecule has 1 rings (SSSR count). The lowest BCUT2D eigenvalue weighted by molar-refractivity contribution is -0.145. The van der Waals surface area contributed by atoms with Gasteiger partial charge in [-0.2, -0.15) is 0 Å². The molecule has 0 saturated carbocycles. The summed E-state index contributed by atoms with van der Waals surface area (Å²) in [6, 6.07) is -0.970. The Hall–Kier alpha value is -1.59. The van der Waals surface area contributed by atoms with Crippen LogP contribution in [0.1, 0.15) is 33.6 Å². The number of Topliss-reactive ketones (excluding diaryl/α,β-unsaturated/α-hetero) is 1. The monoisotopic (exact) mass is 243 g/mol. The van der Waals surface area contributed by atoms with Crippen LogP contribution < -0.4 is 0 Å². The molecule has 0 spiro atoms. The number of hydrogen-bond donors (Lipinski definition) is 1. The molecule has 1 aliphatic rings. The van der Waals surface area contributed by atoms with Crippen LogP contribution >= 0.6 is 0 Å². The van der Waals surface area contributed by atoms with Crippen molar-refractivity contribution in [1.82, 2.24) is 4.90 Å². The summed E-state index contributed by atoms with van der Waals surface area (Å²) >= 11 is 0. The molecule has 1 atom stereocenters. The Labute approximate surface area is 99.5 Å². The first-order valence-electron chi connectivity index (χ1n) is 5.45. The third-order valence-corrected chi connectivity index (χ3v) is 2.33. The minimum Gasteiger partial charge on any atom is -0.480 e. The average Bonchev–Trinajstić information content (AvgIpc) is 2.14. The first-order valence-corrected chi connectivity index (χ1v) is 5.45. The zero-order valence-corrected chi connectivity index (χ0v) is 10.2. The highest BCUT2D eigenvalue weighted by molar-refractivity contribution is 5.90. The molecule has 0 bridgehead atoms. The quantitative estimate of drug-likeness (QED) is 0.743. The summed E-state index contributed by atoms with van der Waals surface area (Å²) in [5, 5.41) is 8.98. The van der Waals surface area contributed by atoms with E-state index in [1.54, 1.807) is 20.8 Å². The number of nitrogens with zero attached hydrogens (tertiary/aromatic N) is 1. The Morgan fingerprint density at radius 1 is 1.41 bits per heavy atom. The van der Waals surface area contributed by atoms with Gasteiger partial charge >= 0.3 is 12.1 Å². The number of amides is 1. The molecule has 17 heavy (non-hydrogen) atoms. The van der Waals surface area contributed by atoms with Crippen molar-refractivity contribution < 1.29 is 24.2 Å². The fourth-order valence-electron chi connectivity index (χ4n) is 1.60. The second kappa shape index (κ2) is 4.73. The Morgan fingerprint density at radius 3 is 2.47 bits per heavy atom. The number of carbonyl (C=O) groups is 3. The number of hydrogen-bond acceptors (Lipinski definition) is 4. The van der Waals surface area contributed by atoms with Gasteiger partial charge < -0.3 is 9.84 Å². The van der Waals surface area contributed by atoms with E-state index in [0.717, 1.165) is 4.90 Å². The molecule has 0 aromatic heterocycles. The van der Waals surface area contributed by atoms with Crippen molar-refractivity contribution in [3.8, 4) is 0 Å². The topological polar surface area (TPSA) is 83.9 Å². The maximum absolute atomic E-state index is 11.8. The molecule has 1 fully saturated rings. The molecule has 0 aromatic rings. The molecule has 1 heterocycles. The van der Waals surface area contributed by atoms with E-state index in [2.05, 4.69) is 0 Å². The van der Waals surface area contributed by atoms with Crippen LogP contribution in [0.2, 0.25) is 0 Å². The summed E-state index contributed by atoms with van der Waals surface area (Å²) in [6.07, 6.45) is -0.415. The predicted octanol–water partition coefficient (Wildman–Crippen LogP) is 1.04. The van der Waals surface area contributed by atoms with Gasteiger partial charge in [-0.15, -0.1) is 0 Å². The van der Waals surface area contributed by atoms with Gasteiger partial charge in [0.2, 0.25) is 0 Å². The Kier molecular flexibility index (Phi) is 3.75. The minimum absolute atomic E-state index is 0.145. The normalized spacial score (nSPS) is 21.2. The van der Waals surface area contributed by atoms with Gasteiger partial charge in [-0.25, -0.2) is 9.59 Å².